The maximum Gasteiger partial charge on any atom is 0.325 e. The molecule has 3 aromatic carbocycles. The van der Waals surface area contributed by atoms with E-state index in [9.17, 15) is 48.3 Å². The van der Waals surface area contributed by atoms with E-state index in [4.69, 9.17) is 15.1 Å². The van der Waals surface area contributed by atoms with Gasteiger partial charge >= 0.3 is 12.1 Å². The van der Waals surface area contributed by atoms with Gasteiger partial charge in [0.1, 0.15) is 29.7 Å². The third-order valence-corrected chi connectivity index (χ3v) is 12.2. The van der Waals surface area contributed by atoms with Crippen LogP contribution in [-0.4, -0.2) is 133 Å². The van der Waals surface area contributed by atoms with E-state index < -0.39 is 71.0 Å². The molecule has 1 saturated carbocycles. The average Bonchev–Trinajstić information content (AvgIpc) is 4.01. The van der Waals surface area contributed by atoms with Gasteiger partial charge in [-0.2, -0.15) is 9.97 Å². The fourth-order valence-corrected chi connectivity index (χ4v) is 8.68. The summed E-state index contributed by atoms with van der Waals surface area (Å²) < 4.78 is 25.2. The predicted molar refractivity (Wildman–Crippen MR) is 218 cm³/mol. The molecule has 5 amide bonds. The van der Waals surface area contributed by atoms with E-state index in [2.05, 4.69) is 26.3 Å². The third-order valence-electron chi connectivity index (χ3n) is 11.2. The van der Waals surface area contributed by atoms with Gasteiger partial charge in [0.05, 0.1) is 29.9 Å². The first-order chi connectivity index (χ1) is 29.2. The number of nitrogens with one attached hydrogen (secondary N) is 4. The zero-order valence-electron chi connectivity index (χ0n) is 32.2. The lowest BCUT2D eigenvalue weighted by Crippen LogP contribution is -2.47. The fourth-order valence-electron chi connectivity index (χ4n) is 8.12. The number of aromatic hydroxyl groups is 2. The van der Waals surface area contributed by atoms with Gasteiger partial charge in [0.2, 0.25) is 16.0 Å². The monoisotopic (exact) mass is 857 g/mol. The number of hydrogen-bond acceptors (Lipinski definition) is 15. The highest BCUT2D eigenvalue weighted by atomic mass is 32.2. The van der Waals surface area contributed by atoms with Crippen LogP contribution >= 0.6 is 0 Å². The fraction of sp³-hybridized carbons (Fsp3) is 0.333. The number of phenolic OH excluding ortho intramolecular Hbond substituents is 2. The Hall–Kier alpha value is -6.59. The molecule has 3 aliphatic rings. The van der Waals surface area contributed by atoms with Crippen molar-refractivity contribution in [3.63, 3.8) is 0 Å². The van der Waals surface area contributed by atoms with Crippen LogP contribution in [0, 0.1) is 0 Å². The van der Waals surface area contributed by atoms with Crippen molar-refractivity contribution >= 4 is 56.6 Å². The number of imide groups is 1. The molecule has 61 heavy (non-hydrogen) atoms. The van der Waals surface area contributed by atoms with Gasteiger partial charge in [-0.05, 0) is 66.4 Å². The van der Waals surface area contributed by atoms with E-state index in [-0.39, 0.29) is 59.1 Å². The number of carbonyl (C=O) groups excluding carboxylic acids is 3. The molecular formula is C39H43N11O10S. The number of fused-ring (bicyclic) bond motifs is 1. The number of nitrogens with zero attached hydrogens (tertiary/aromatic N) is 6. The second-order valence-electron chi connectivity index (χ2n) is 15.2. The molecule has 0 bridgehead atoms. The highest BCUT2D eigenvalue weighted by molar-refractivity contribution is 7.89. The maximum atomic E-state index is 13.0. The first-order valence-electron chi connectivity index (χ1n) is 19.3. The standard InChI is InChI=1S/C39H43N11O10S/c40-61(59,60)26-3-1-2-22(14-26)43-38(57)44-23-12-13-48(17-23)37-46-34(41-16-27(20-4-8-24(52)9-5-20)21-6-10-25(53)11-7-21)31-35(47-37)49(19-42-31)29-15-30(33(55)32(29)54)50-36(56)28(18-51)45-39(50)58/h1-11,14,19,23,27-30,32-33,51-55H,12-13,15-18H2,(H,45,58)(H2,40,59,60)(H,41,46,47)(H2,43,44,57)/t23?,28-,29-,30+,32+,33-/m1/s1. The topological polar surface area (TPSA) is 311 Å². The van der Waals surface area contributed by atoms with Crippen molar-refractivity contribution in [2.75, 3.05) is 41.8 Å². The quantitative estimate of drug-likeness (QED) is 0.0763. The van der Waals surface area contributed by atoms with Crippen molar-refractivity contribution in [3.8, 4) is 11.5 Å². The molecule has 6 atom stereocenters. The van der Waals surface area contributed by atoms with Crippen molar-refractivity contribution in [1.82, 2.24) is 35.1 Å². The van der Waals surface area contributed by atoms with Crippen molar-refractivity contribution < 1.29 is 48.3 Å². The zero-order valence-corrected chi connectivity index (χ0v) is 33.1. The minimum atomic E-state index is -3.99. The van der Waals surface area contributed by atoms with Crippen molar-refractivity contribution in [3.05, 3.63) is 90.3 Å². The Morgan fingerprint density at radius 2 is 1.62 bits per heavy atom. The Morgan fingerprint density at radius 1 is 0.951 bits per heavy atom. The molecule has 5 aromatic rings. The number of aliphatic hydroxyl groups is 3. The van der Waals surface area contributed by atoms with Crippen LogP contribution in [0.25, 0.3) is 11.2 Å². The van der Waals surface area contributed by atoms with Crippen LogP contribution in [0.15, 0.2) is 84.0 Å². The van der Waals surface area contributed by atoms with E-state index in [1.807, 2.05) is 4.90 Å². The molecule has 1 unspecified atom stereocenters. The average molecular weight is 858 g/mol. The summed E-state index contributed by atoms with van der Waals surface area (Å²) in [6, 6.07) is 14.0. The van der Waals surface area contributed by atoms with E-state index in [1.54, 1.807) is 53.1 Å². The summed E-state index contributed by atoms with van der Waals surface area (Å²) in [5.74, 6) is -0.334. The van der Waals surface area contributed by atoms with E-state index in [0.29, 0.717) is 24.3 Å². The van der Waals surface area contributed by atoms with E-state index in [1.165, 1.54) is 30.6 Å². The maximum absolute atomic E-state index is 13.0. The van der Waals surface area contributed by atoms with Crippen LogP contribution in [0.3, 0.4) is 0 Å². The summed E-state index contributed by atoms with van der Waals surface area (Å²) in [5.41, 5.74) is 2.46. The minimum absolute atomic E-state index is 0.0675. The Bertz CT molecular complexity index is 2530. The molecule has 22 heteroatoms. The number of imidazole rings is 1. The van der Waals surface area contributed by atoms with Crippen LogP contribution in [0.2, 0.25) is 0 Å². The van der Waals surface area contributed by atoms with Crippen molar-refractivity contribution in [2.24, 2.45) is 5.14 Å². The van der Waals surface area contributed by atoms with Gasteiger partial charge in [0.25, 0.3) is 5.91 Å². The van der Waals surface area contributed by atoms with Crippen LogP contribution in [0.1, 0.15) is 35.9 Å². The minimum Gasteiger partial charge on any atom is -0.508 e. The number of nitrogens with two attached hydrogens (primary N) is 1. The molecule has 1 aliphatic carbocycles. The Morgan fingerprint density at radius 3 is 2.26 bits per heavy atom. The van der Waals surface area contributed by atoms with Crippen LogP contribution in [0.5, 0.6) is 11.5 Å². The van der Waals surface area contributed by atoms with Gasteiger partial charge in [0.15, 0.2) is 17.0 Å². The van der Waals surface area contributed by atoms with Gasteiger partial charge in [-0.15, -0.1) is 0 Å². The van der Waals surface area contributed by atoms with Gasteiger partial charge in [-0.3, -0.25) is 9.69 Å². The molecule has 320 valence electrons. The lowest BCUT2D eigenvalue weighted by atomic mass is 9.91. The number of aliphatic hydroxyl groups excluding tert-OH is 3. The molecular weight excluding hydrogens is 815 g/mol. The number of amides is 5. The highest BCUT2D eigenvalue weighted by Gasteiger charge is 2.52. The van der Waals surface area contributed by atoms with E-state index >= 15 is 0 Å². The number of urea groups is 2. The number of hydrogen-bond donors (Lipinski definition) is 10. The first-order valence-corrected chi connectivity index (χ1v) is 20.8. The highest BCUT2D eigenvalue weighted by Crippen LogP contribution is 2.38. The number of aromatic nitrogens is 4. The number of anilines is 3. The molecule has 4 heterocycles. The molecule has 0 radical (unpaired) electrons. The molecule has 2 saturated heterocycles. The van der Waals surface area contributed by atoms with Crippen LogP contribution < -0.4 is 31.3 Å². The lowest BCUT2D eigenvalue weighted by molar-refractivity contribution is -0.131. The number of sulfonamides is 1. The summed E-state index contributed by atoms with van der Waals surface area (Å²) in [6.07, 6.45) is -1.16. The zero-order chi connectivity index (χ0) is 43.2. The Balaban J connectivity index is 1.10. The number of carbonyl (C=O) groups is 3. The SMILES string of the molecule is NS(=O)(=O)c1cccc(NC(=O)NC2CCN(c3nc(NCC(c4ccc(O)cc4)c4ccc(O)cc4)c4ncn([C@@H]5C[C@H](N6C(=O)N[C@H](CO)C6=O)[C@@H](O)[C@H]5O)c4n3)C2)c1. The second kappa shape index (κ2) is 16.5. The number of primary sulfonamides is 1. The number of rotatable bonds is 12. The van der Waals surface area contributed by atoms with Gasteiger partial charge < -0.3 is 56.3 Å². The first kappa shape index (κ1) is 41.2. The summed E-state index contributed by atoms with van der Waals surface area (Å²) in [4.78, 5) is 55.7. The van der Waals surface area contributed by atoms with E-state index in [0.717, 1.165) is 16.0 Å². The number of benzene rings is 3. The molecule has 0 spiro atoms. The van der Waals surface area contributed by atoms with Crippen molar-refractivity contribution in [1.29, 1.82) is 0 Å². The van der Waals surface area contributed by atoms with Gasteiger partial charge in [-0.1, -0.05) is 30.3 Å². The molecule has 2 aromatic heterocycles. The Labute approximate surface area is 347 Å². The largest absolute Gasteiger partial charge is 0.508 e. The molecule has 11 N–H and O–H groups in total. The third kappa shape index (κ3) is 8.30. The van der Waals surface area contributed by atoms with Crippen LogP contribution in [-0.2, 0) is 14.8 Å². The molecule has 3 fully saturated rings. The summed E-state index contributed by atoms with van der Waals surface area (Å²) in [5, 5.41) is 68.8. The predicted octanol–water partition coefficient (Wildman–Crippen LogP) is 0.477. The smallest absolute Gasteiger partial charge is 0.325 e. The summed E-state index contributed by atoms with van der Waals surface area (Å²) in [7, 11) is -3.99. The Kier molecular flexibility index (Phi) is 11.1. The van der Waals surface area contributed by atoms with Gasteiger partial charge in [0, 0.05) is 37.3 Å². The lowest BCUT2D eigenvalue weighted by Gasteiger charge is -2.24. The second-order valence-corrected chi connectivity index (χ2v) is 16.7. The van der Waals surface area contributed by atoms with Crippen LogP contribution in [0.4, 0.5) is 27.0 Å². The molecule has 8 rings (SSSR count). The summed E-state index contributed by atoms with van der Waals surface area (Å²) in [6.45, 7) is 0.276. The number of phenols is 2. The normalized spacial score (nSPS) is 22.9. The van der Waals surface area contributed by atoms with Gasteiger partial charge in [-0.25, -0.2) is 28.1 Å². The van der Waals surface area contributed by atoms with Crippen molar-refractivity contribution in [2.45, 2.75) is 60.0 Å². The summed E-state index contributed by atoms with van der Waals surface area (Å²) >= 11 is 0. The molecule has 21 nitrogen and oxygen atoms in total. The molecule has 2 aliphatic heterocycles.